The first-order valence-electron chi connectivity index (χ1n) is 7.01. The summed E-state index contributed by atoms with van der Waals surface area (Å²) in [6.45, 7) is 6.18. The summed E-state index contributed by atoms with van der Waals surface area (Å²) >= 11 is 0. The Balaban J connectivity index is 1.83. The average molecular weight is 266 g/mol. The van der Waals surface area contributed by atoms with Gasteiger partial charge < -0.3 is 14.5 Å². The van der Waals surface area contributed by atoms with E-state index in [0.717, 1.165) is 32.2 Å². The van der Waals surface area contributed by atoms with Crippen LogP contribution in [0.5, 0.6) is 0 Å². The molecule has 2 amide bonds. The normalized spacial score (nSPS) is 23.5. The number of carbonyl (C=O) groups excluding carboxylic acids is 2. The number of ether oxygens (including phenoxy) is 1. The van der Waals surface area contributed by atoms with E-state index in [9.17, 15) is 9.59 Å². The third-order valence-electron chi connectivity index (χ3n) is 3.72. The molecule has 1 unspecified atom stereocenters. The number of rotatable bonds is 6. The molecular formula is C14H22N2O3. The molecule has 0 aromatic carbocycles. The number of amides is 2. The van der Waals surface area contributed by atoms with Crippen molar-refractivity contribution >= 4 is 11.8 Å². The Bertz CT molecular complexity index is 357. The van der Waals surface area contributed by atoms with Crippen molar-refractivity contribution < 1.29 is 14.3 Å². The second-order valence-corrected chi connectivity index (χ2v) is 5.05. The molecule has 19 heavy (non-hydrogen) atoms. The lowest BCUT2D eigenvalue weighted by Crippen LogP contribution is -2.61. The van der Waals surface area contributed by atoms with Crippen LogP contribution in [0.15, 0.2) is 12.7 Å². The first-order valence-corrected chi connectivity index (χ1v) is 7.01. The molecule has 106 valence electrons. The van der Waals surface area contributed by atoms with Crippen LogP contribution in [0.2, 0.25) is 0 Å². The Morgan fingerprint density at radius 3 is 2.95 bits per heavy atom. The molecule has 2 aliphatic rings. The maximum atomic E-state index is 12.3. The highest BCUT2D eigenvalue weighted by Crippen LogP contribution is 2.22. The van der Waals surface area contributed by atoms with Crippen LogP contribution in [0.25, 0.3) is 0 Å². The van der Waals surface area contributed by atoms with Gasteiger partial charge in [0.25, 0.3) is 0 Å². The molecule has 2 aliphatic heterocycles. The van der Waals surface area contributed by atoms with Gasteiger partial charge in [-0.05, 0) is 25.7 Å². The first kappa shape index (κ1) is 14.1. The van der Waals surface area contributed by atoms with E-state index in [1.54, 1.807) is 15.9 Å². The van der Waals surface area contributed by atoms with Crippen molar-refractivity contribution in [2.45, 2.75) is 31.7 Å². The van der Waals surface area contributed by atoms with E-state index in [1.165, 1.54) is 0 Å². The zero-order valence-corrected chi connectivity index (χ0v) is 11.3. The van der Waals surface area contributed by atoms with Gasteiger partial charge in [0, 0.05) is 13.1 Å². The zero-order chi connectivity index (χ0) is 13.7. The van der Waals surface area contributed by atoms with Crippen molar-refractivity contribution in [1.82, 2.24) is 9.80 Å². The van der Waals surface area contributed by atoms with E-state index in [0.29, 0.717) is 19.8 Å². The molecule has 0 aromatic heterocycles. The number of hydrogen-bond acceptors (Lipinski definition) is 3. The molecule has 0 spiro atoms. The Hall–Kier alpha value is -1.36. The van der Waals surface area contributed by atoms with Crippen LogP contribution >= 0.6 is 0 Å². The molecule has 2 heterocycles. The monoisotopic (exact) mass is 266 g/mol. The van der Waals surface area contributed by atoms with Gasteiger partial charge in [0.15, 0.2) is 0 Å². The molecule has 2 rings (SSSR count). The molecule has 5 heteroatoms. The lowest BCUT2D eigenvalue weighted by atomic mass is 9.98. The number of fused-ring (bicyclic) bond motifs is 1. The lowest BCUT2D eigenvalue weighted by molar-refractivity contribution is -0.158. The van der Waals surface area contributed by atoms with Crippen LogP contribution in [-0.2, 0) is 14.3 Å². The Kier molecular flexibility index (Phi) is 4.96. The fourth-order valence-corrected chi connectivity index (χ4v) is 2.66. The number of piperazine rings is 1. The number of nitrogens with zero attached hydrogens (tertiary/aromatic N) is 2. The highest BCUT2D eigenvalue weighted by molar-refractivity contribution is 5.95. The van der Waals surface area contributed by atoms with Gasteiger partial charge in [-0.15, -0.1) is 6.58 Å². The summed E-state index contributed by atoms with van der Waals surface area (Å²) in [6, 6.07) is -0.219. The van der Waals surface area contributed by atoms with Crippen LogP contribution in [0.4, 0.5) is 0 Å². The third-order valence-corrected chi connectivity index (χ3v) is 3.72. The van der Waals surface area contributed by atoms with Gasteiger partial charge in [-0.1, -0.05) is 6.08 Å². The van der Waals surface area contributed by atoms with Gasteiger partial charge in [-0.25, -0.2) is 0 Å². The van der Waals surface area contributed by atoms with Gasteiger partial charge in [0.05, 0.1) is 19.8 Å². The van der Waals surface area contributed by atoms with Crippen molar-refractivity contribution in [3.05, 3.63) is 12.7 Å². The quantitative estimate of drug-likeness (QED) is 0.528. The minimum absolute atomic E-state index is 0.0791. The Labute approximate surface area is 114 Å². The van der Waals surface area contributed by atoms with Crippen molar-refractivity contribution in [3.8, 4) is 0 Å². The zero-order valence-electron chi connectivity index (χ0n) is 11.3. The van der Waals surface area contributed by atoms with Gasteiger partial charge >= 0.3 is 0 Å². The highest BCUT2D eigenvalue weighted by atomic mass is 16.5. The van der Waals surface area contributed by atoms with Crippen molar-refractivity contribution in [1.29, 1.82) is 0 Å². The fourth-order valence-electron chi connectivity index (χ4n) is 2.66. The molecule has 0 aliphatic carbocycles. The van der Waals surface area contributed by atoms with Gasteiger partial charge in [-0.2, -0.15) is 0 Å². The summed E-state index contributed by atoms with van der Waals surface area (Å²) in [5.74, 6) is 0.169. The lowest BCUT2D eigenvalue weighted by Gasteiger charge is -2.42. The standard InChI is InChI=1S/C14H22N2O3/c1-2-3-9-19-10-8-15-11-13(17)16-7-5-4-6-12(16)14(15)18/h2,12H,1,3-11H2. The van der Waals surface area contributed by atoms with Crippen LogP contribution in [0.1, 0.15) is 25.7 Å². The van der Waals surface area contributed by atoms with Crippen molar-refractivity contribution in [2.75, 3.05) is 32.8 Å². The van der Waals surface area contributed by atoms with E-state index in [4.69, 9.17) is 4.74 Å². The molecule has 0 aromatic rings. The molecule has 0 saturated carbocycles. The highest BCUT2D eigenvalue weighted by Gasteiger charge is 2.39. The van der Waals surface area contributed by atoms with Crippen LogP contribution < -0.4 is 0 Å². The molecule has 1 atom stereocenters. The van der Waals surface area contributed by atoms with E-state index in [2.05, 4.69) is 6.58 Å². The summed E-state index contributed by atoms with van der Waals surface area (Å²) < 4.78 is 5.41. The summed E-state index contributed by atoms with van der Waals surface area (Å²) in [7, 11) is 0. The Morgan fingerprint density at radius 2 is 2.16 bits per heavy atom. The molecule has 0 radical (unpaired) electrons. The molecule has 0 N–H and O–H groups in total. The predicted octanol–water partition coefficient (Wildman–Crippen LogP) is 0.802. The summed E-state index contributed by atoms with van der Waals surface area (Å²) in [5, 5.41) is 0. The van der Waals surface area contributed by atoms with E-state index in [1.807, 2.05) is 0 Å². The maximum absolute atomic E-state index is 12.3. The smallest absolute Gasteiger partial charge is 0.245 e. The molecule has 2 saturated heterocycles. The molecular weight excluding hydrogens is 244 g/mol. The largest absolute Gasteiger partial charge is 0.379 e. The van der Waals surface area contributed by atoms with Crippen LogP contribution in [-0.4, -0.2) is 60.5 Å². The maximum Gasteiger partial charge on any atom is 0.245 e. The second-order valence-electron chi connectivity index (χ2n) is 5.05. The SMILES string of the molecule is C=CCCOCCN1CC(=O)N2CCCCC2C1=O. The van der Waals surface area contributed by atoms with Crippen molar-refractivity contribution in [2.24, 2.45) is 0 Å². The summed E-state index contributed by atoms with van der Waals surface area (Å²) in [6.07, 6.45) is 5.46. The van der Waals surface area contributed by atoms with E-state index < -0.39 is 0 Å². The Morgan fingerprint density at radius 1 is 1.32 bits per heavy atom. The summed E-state index contributed by atoms with van der Waals surface area (Å²) in [5.41, 5.74) is 0. The van der Waals surface area contributed by atoms with Gasteiger partial charge in [0.1, 0.15) is 6.04 Å². The minimum atomic E-state index is -0.219. The molecule has 0 bridgehead atoms. The average Bonchev–Trinajstić information content (AvgIpc) is 2.44. The topological polar surface area (TPSA) is 49.9 Å². The molecule has 2 fully saturated rings. The predicted molar refractivity (Wildman–Crippen MR) is 71.6 cm³/mol. The number of piperidine rings is 1. The fraction of sp³-hybridized carbons (Fsp3) is 0.714. The third kappa shape index (κ3) is 3.35. The second kappa shape index (κ2) is 6.70. The minimum Gasteiger partial charge on any atom is -0.379 e. The summed E-state index contributed by atoms with van der Waals surface area (Å²) in [4.78, 5) is 27.7. The van der Waals surface area contributed by atoms with E-state index in [-0.39, 0.29) is 24.4 Å². The van der Waals surface area contributed by atoms with Gasteiger partial charge in [0.2, 0.25) is 11.8 Å². The number of hydrogen-bond donors (Lipinski definition) is 0. The van der Waals surface area contributed by atoms with Gasteiger partial charge in [-0.3, -0.25) is 9.59 Å². The van der Waals surface area contributed by atoms with Crippen LogP contribution in [0, 0.1) is 0 Å². The molecule has 5 nitrogen and oxygen atoms in total. The number of carbonyl (C=O) groups is 2. The van der Waals surface area contributed by atoms with E-state index >= 15 is 0 Å². The van der Waals surface area contributed by atoms with Crippen LogP contribution in [0.3, 0.4) is 0 Å². The first-order chi connectivity index (χ1) is 9.24. The van der Waals surface area contributed by atoms with Crippen molar-refractivity contribution in [3.63, 3.8) is 0 Å².